The average molecular weight is 315 g/mol. The van der Waals surface area contributed by atoms with Crippen LogP contribution in [-0.2, 0) is 0 Å². The smallest absolute Gasteiger partial charge is 0.261 e. The predicted octanol–water partition coefficient (Wildman–Crippen LogP) is 1.85. The molecule has 1 atom stereocenters. The molecule has 2 aromatic heterocycles. The van der Waals surface area contributed by atoms with E-state index in [0.29, 0.717) is 17.5 Å². The lowest BCUT2D eigenvalue weighted by atomic mass is 10.2. The fraction of sp³-hybridized carbons (Fsp3) is 0.412. The van der Waals surface area contributed by atoms with Crippen molar-refractivity contribution in [2.75, 3.05) is 13.1 Å². The van der Waals surface area contributed by atoms with E-state index in [4.69, 9.17) is 4.42 Å². The standard InChI is InChI=1S/C17H21N3O3/c1-11(2)20-8-7-12(10-20)18-16(21)13-5-6-14(19-17(13)22)15-4-3-9-23-15/h3-6,9,11-12H,7-8,10H2,1-2H3,(H,18,21)(H,19,22)/t12-/m1/s1. The summed E-state index contributed by atoms with van der Waals surface area (Å²) in [4.78, 5) is 29.5. The Morgan fingerprint density at radius 2 is 2.22 bits per heavy atom. The number of rotatable bonds is 4. The van der Waals surface area contributed by atoms with Gasteiger partial charge >= 0.3 is 0 Å². The van der Waals surface area contributed by atoms with Crippen molar-refractivity contribution in [3.8, 4) is 11.5 Å². The summed E-state index contributed by atoms with van der Waals surface area (Å²) in [6, 6.07) is 7.28. The Labute approximate surface area is 134 Å². The highest BCUT2D eigenvalue weighted by molar-refractivity contribution is 5.94. The van der Waals surface area contributed by atoms with Crippen LogP contribution in [0.15, 0.2) is 39.7 Å². The van der Waals surface area contributed by atoms with Crippen LogP contribution in [0.3, 0.4) is 0 Å². The number of H-pyrrole nitrogens is 1. The first-order chi connectivity index (χ1) is 11.0. The lowest BCUT2D eigenvalue weighted by Gasteiger charge is -2.20. The maximum atomic E-state index is 12.3. The molecule has 6 nitrogen and oxygen atoms in total. The molecule has 0 aromatic carbocycles. The second-order valence-electron chi connectivity index (χ2n) is 6.14. The molecule has 1 fully saturated rings. The van der Waals surface area contributed by atoms with E-state index in [1.165, 1.54) is 6.26 Å². The van der Waals surface area contributed by atoms with Gasteiger partial charge in [0.1, 0.15) is 11.3 Å². The highest BCUT2D eigenvalue weighted by Crippen LogP contribution is 2.16. The fourth-order valence-electron chi connectivity index (χ4n) is 2.87. The van der Waals surface area contributed by atoms with Crippen LogP contribution in [0.1, 0.15) is 30.6 Å². The Morgan fingerprint density at radius 1 is 1.39 bits per heavy atom. The summed E-state index contributed by atoms with van der Waals surface area (Å²) in [5.74, 6) is 0.241. The Morgan fingerprint density at radius 3 is 2.83 bits per heavy atom. The maximum Gasteiger partial charge on any atom is 0.261 e. The lowest BCUT2D eigenvalue weighted by molar-refractivity contribution is 0.0935. The van der Waals surface area contributed by atoms with E-state index in [2.05, 4.69) is 29.0 Å². The molecule has 23 heavy (non-hydrogen) atoms. The first-order valence-corrected chi connectivity index (χ1v) is 7.86. The van der Waals surface area contributed by atoms with E-state index in [-0.39, 0.29) is 17.5 Å². The molecule has 0 aliphatic carbocycles. The van der Waals surface area contributed by atoms with E-state index >= 15 is 0 Å². The number of nitrogens with one attached hydrogen (secondary N) is 2. The normalized spacial score (nSPS) is 18.5. The molecule has 1 aliphatic heterocycles. The summed E-state index contributed by atoms with van der Waals surface area (Å²) in [6.45, 7) is 6.08. The molecular weight excluding hydrogens is 294 g/mol. The van der Waals surface area contributed by atoms with Crippen LogP contribution in [0, 0.1) is 0 Å². The van der Waals surface area contributed by atoms with Gasteiger partial charge in [-0.15, -0.1) is 0 Å². The molecule has 3 heterocycles. The SMILES string of the molecule is CC(C)N1CC[C@@H](NC(=O)c2ccc(-c3ccco3)[nH]c2=O)C1. The van der Waals surface area contributed by atoms with Crippen LogP contribution in [0.4, 0.5) is 0 Å². The molecular formula is C17H21N3O3. The number of amides is 1. The highest BCUT2D eigenvalue weighted by atomic mass is 16.3. The summed E-state index contributed by atoms with van der Waals surface area (Å²) in [5.41, 5.74) is 0.279. The van der Waals surface area contributed by atoms with Crippen molar-refractivity contribution in [3.05, 3.63) is 46.4 Å². The zero-order valence-corrected chi connectivity index (χ0v) is 13.3. The highest BCUT2D eigenvalue weighted by Gasteiger charge is 2.26. The predicted molar refractivity (Wildman–Crippen MR) is 87.3 cm³/mol. The molecule has 0 saturated carbocycles. The van der Waals surface area contributed by atoms with Gasteiger partial charge in [-0.05, 0) is 44.5 Å². The number of hydrogen-bond acceptors (Lipinski definition) is 4. The minimum absolute atomic E-state index is 0.0917. The monoisotopic (exact) mass is 315 g/mol. The molecule has 1 amide bonds. The molecule has 1 aliphatic rings. The van der Waals surface area contributed by atoms with Gasteiger partial charge in [-0.3, -0.25) is 14.5 Å². The quantitative estimate of drug-likeness (QED) is 0.902. The molecule has 0 spiro atoms. The summed E-state index contributed by atoms with van der Waals surface area (Å²) in [6.07, 6.45) is 2.45. The van der Waals surface area contributed by atoms with Gasteiger partial charge in [-0.2, -0.15) is 0 Å². The zero-order chi connectivity index (χ0) is 16.4. The number of carbonyl (C=O) groups excluding carboxylic acids is 1. The van der Waals surface area contributed by atoms with Crippen LogP contribution in [0.2, 0.25) is 0 Å². The Kier molecular flexibility index (Phi) is 4.34. The molecule has 0 bridgehead atoms. The first-order valence-electron chi connectivity index (χ1n) is 7.86. The van der Waals surface area contributed by atoms with E-state index in [1.54, 1.807) is 24.3 Å². The fourth-order valence-corrected chi connectivity index (χ4v) is 2.87. The molecule has 6 heteroatoms. The van der Waals surface area contributed by atoms with Crippen LogP contribution in [0.5, 0.6) is 0 Å². The van der Waals surface area contributed by atoms with E-state index < -0.39 is 5.56 Å². The third kappa shape index (κ3) is 3.37. The third-order valence-corrected chi connectivity index (χ3v) is 4.23. The molecule has 2 aromatic rings. The van der Waals surface area contributed by atoms with Crippen molar-refractivity contribution in [1.29, 1.82) is 0 Å². The number of carbonyl (C=O) groups is 1. The third-order valence-electron chi connectivity index (χ3n) is 4.23. The lowest BCUT2D eigenvalue weighted by Crippen LogP contribution is -2.40. The molecule has 2 N–H and O–H groups in total. The maximum absolute atomic E-state index is 12.3. The molecule has 122 valence electrons. The Bertz CT molecular complexity index is 734. The van der Waals surface area contributed by atoms with Gasteiger partial charge in [0.15, 0.2) is 0 Å². The zero-order valence-electron chi connectivity index (χ0n) is 13.3. The second-order valence-corrected chi connectivity index (χ2v) is 6.14. The van der Waals surface area contributed by atoms with E-state index in [9.17, 15) is 9.59 Å². The van der Waals surface area contributed by atoms with Gasteiger partial charge in [0.25, 0.3) is 11.5 Å². The van der Waals surface area contributed by atoms with Gasteiger partial charge in [0, 0.05) is 25.2 Å². The number of hydrogen-bond donors (Lipinski definition) is 2. The summed E-state index contributed by atoms with van der Waals surface area (Å²) in [7, 11) is 0. The molecule has 1 saturated heterocycles. The van der Waals surface area contributed by atoms with Gasteiger partial charge in [0.2, 0.25) is 0 Å². The second kappa shape index (κ2) is 6.42. The number of likely N-dealkylation sites (tertiary alicyclic amines) is 1. The van der Waals surface area contributed by atoms with Gasteiger partial charge in [0.05, 0.1) is 12.0 Å². The number of pyridine rings is 1. The summed E-state index contributed by atoms with van der Waals surface area (Å²) >= 11 is 0. The molecule has 0 radical (unpaired) electrons. The number of furan rings is 1. The Hall–Kier alpha value is -2.34. The van der Waals surface area contributed by atoms with E-state index in [0.717, 1.165) is 19.5 Å². The number of nitrogens with zero attached hydrogens (tertiary/aromatic N) is 1. The van der Waals surface area contributed by atoms with Crippen molar-refractivity contribution >= 4 is 5.91 Å². The van der Waals surface area contributed by atoms with Crippen molar-refractivity contribution in [1.82, 2.24) is 15.2 Å². The average Bonchev–Trinajstić information content (AvgIpc) is 3.18. The topological polar surface area (TPSA) is 78.3 Å². The minimum atomic E-state index is -0.407. The van der Waals surface area contributed by atoms with Crippen molar-refractivity contribution in [3.63, 3.8) is 0 Å². The van der Waals surface area contributed by atoms with Crippen LogP contribution < -0.4 is 10.9 Å². The number of aromatic amines is 1. The van der Waals surface area contributed by atoms with Crippen LogP contribution >= 0.6 is 0 Å². The Balaban J connectivity index is 1.70. The summed E-state index contributed by atoms with van der Waals surface area (Å²) in [5, 5.41) is 2.95. The minimum Gasteiger partial charge on any atom is -0.463 e. The first kappa shape index (κ1) is 15.6. The van der Waals surface area contributed by atoms with Crippen LogP contribution in [-0.4, -0.2) is 41.0 Å². The molecule has 0 unspecified atom stereocenters. The van der Waals surface area contributed by atoms with Gasteiger partial charge in [-0.25, -0.2) is 0 Å². The van der Waals surface area contributed by atoms with Gasteiger partial charge < -0.3 is 14.7 Å². The molecule has 3 rings (SSSR count). The van der Waals surface area contributed by atoms with Gasteiger partial charge in [-0.1, -0.05) is 0 Å². The van der Waals surface area contributed by atoms with Crippen molar-refractivity contribution < 1.29 is 9.21 Å². The largest absolute Gasteiger partial charge is 0.463 e. The van der Waals surface area contributed by atoms with E-state index in [1.807, 2.05) is 0 Å². The summed E-state index contributed by atoms with van der Waals surface area (Å²) < 4.78 is 5.24. The van der Waals surface area contributed by atoms with Crippen molar-refractivity contribution in [2.45, 2.75) is 32.4 Å². The van der Waals surface area contributed by atoms with Crippen molar-refractivity contribution in [2.24, 2.45) is 0 Å². The number of aromatic nitrogens is 1. The van der Waals surface area contributed by atoms with Crippen LogP contribution in [0.25, 0.3) is 11.5 Å².